The largest absolute Gasteiger partial charge is 0.500 e. The summed E-state index contributed by atoms with van der Waals surface area (Å²) in [6, 6.07) is 0.684. The maximum Gasteiger partial charge on any atom is 0.500 e. The van der Waals surface area contributed by atoms with Crippen LogP contribution in [0.15, 0.2) is 12.2 Å². The molecule has 0 fully saturated rings. The average Bonchev–Trinajstić information content (AvgIpc) is 2.30. The van der Waals surface area contributed by atoms with Gasteiger partial charge in [0.05, 0.1) is 0 Å². The van der Waals surface area contributed by atoms with Crippen molar-refractivity contribution in [1.82, 2.24) is 0 Å². The minimum Gasteiger partial charge on any atom is -0.377 e. The Morgan fingerprint density at radius 3 is 2.06 bits per heavy atom. The Balaban J connectivity index is 4.07. The van der Waals surface area contributed by atoms with Crippen molar-refractivity contribution in [3.05, 3.63) is 12.2 Å². The number of hydrogen-bond acceptors (Lipinski definition) is 5. The van der Waals surface area contributed by atoms with Crippen LogP contribution in [0.2, 0.25) is 6.04 Å². The fourth-order valence-electron chi connectivity index (χ4n) is 1.45. The lowest BCUT2D eigenvalue weighted by Crippen LogP contribution is -2.42. The summed E-state index contributed by atoms with van der Waals surface area (Å²) >= 11 is 0. The lowest BCUT2D eigenvalue weighted by molar-refractivity contribution is -0.269. The molecular formula is C10H22O5Si. The molecule has 0 aromatic carbocycles. The summed E-state index contributed by atoms with van der Waals surface area (Å²) < 4.78 is 15.8. The summed E-state index contributed by atoms with van der Waals surface area (Å²) in [5.41, 5.74) is 0.794. The van der Waals surface area contributed by atoms with Crippen molar-refractivity contribution in [3.63, 3.8) is 0 Å². The van der Waals surface area contributed by atoms with Gasteiger partial charge in [-0.05, 0) is 25.3 Å². The highest BCUT2D eigenvalue weighted by Gasteiger charge is 2.37. The van der Waals surface area contributed by atoms with Crippen LogP contribution in [-0.4, -0.2) is 41.5 Å². The summed E-state index contributed by atoms with van der Waals surface area (Å²) in [5.74, 6) is 0. The maximum absolute atomic E-state index is 8.65. The molecule has 96 valence electrons. The van der Waals surface area contributed by atoms with E-state index in [1.807, 2.05) is 6.92 Å². The first-order valence-electron chi connectivity index (χ1n) is 5.16. The van der Waals surface area contributed by atoms with Crippen LogP contribution in [-0.2, 0) is 18.2 Å². The van der Waals surface area contributed by atoms with E-state index in [0.717, 1.165) is 12.0 Å². The molecular weight excluding hydrogens is 228 g/mol. The van der Waals surface area contributed by atoms with Crippen LogP contribution in [0.5, 0.6) is 0 Å². The van der Waals surface area contributed by atoms with Crippen molar-refractivity contribution in [3.8, 4) is 0 Å². The van der Waals surface area contributed by atoms with E-state index in [0.29, 0.717) is 12.5 Å². The van der Waals surface area contributed by atoms with Gasteiger partial charge in [0, 0.05) is 27.4 Å². The van der Waals surface area contributed by atoms with Crippen molar-refractivity contribution < 1.29 is 23.4 Å². The standard InChI is InChI=1S/C10H22O5Si/c1-9(2)10(15-11)7-6-8-16(12-3,13-4)14-5/h10-11H,1,6-8H2,2-5H3. The van der Waals surface area contributed by atoms with Gasteiger partial charge in [0.1, 0.15) is 6.10 Å². The third-order valence-electron chi connectivity index (χ3n) is 2.56. The molecule has 0 saturated carbocycles. The van der Waals surface area contributed by atoms with Gasteiger partial charge in [-0.3, -0.25) is 5.26 Å². The van der Waals surface area contributed by atoms with Gasteiger partial charge in [0.2, 0.25) is 0 Å². The van der Waals surface area contributed by atoms with Crippen LogP contribution >= 0.6 is 0 Å². The van der Waals surface area contributed by atoms with Gasteiger partial charge in [-0.25, -0.2) is 4.89 Å². The predicted molar refractivity (Wildman–Crippen MR) is 63.1 cm³/mol. The molecule has 1 unspecified atom stereocenters. The monoisotopic (exact) mass is 250 g/mol. The van der Waals surface area contributed by atoms with Crippen LogP contribution in [0.25, 0.3) is 0 Å². The van der Waals surface area contributed by atoms with Crippen molar-refractivity contribution in [1.29, 1.82) is 0 Å². The molecule has 16 heavy (non-hydrogen) atoms. The van der Waals surface area contributed by atoms with Gasteiger partial charge in [-0.15, -0.1) is 0 Å². The fraction of sp³-hybridized carbons (Fsp3) is 0.800. The minimum atomic E-state index is -2.50. The molecule has 0 aromatic rings. The highest BCUT2D eigenvalue weighted by Crippen LogP contribution is 2.19. The minimum absolute atomic E-state index is 0.336. The van der Waals surface area contributed by atoms with Gasteiger partial charge in [0.15, 0.2) is 0 Å². The van der Waals surface area contributed by atoms with Gasteiger partial charge in [0.25, 0.3) is 0 Å². The van der Waals surface area contributed by atoms with Gasteiger partial charge in [-0.2, -0.15) is 0 Å². The maximum atomic E-state index is 8.65. The molecule has 0 heterocycles. The van der Waals surface area contributed by atoms with Crippen LogP contribution in [0.1, 0.15) is 19.8 Å². The van der Waals surface area contributed by atoms with Crippen molar-refractivity contribution in [2.24, 2.45) is 0 Å². The zero-order chi connectivity index (χ0) is 12.6. The highest BCUT2D eigenvalue weighted by molar-refractivity contribution is 6.60. The molecule has 0 radical (unpaired) electrons. The van der Waals surface area contributed by atoms with Gasteiger partial charge < -0.3 is 13.3 Å². The van der Waals surface area contributed by atoms with Crippen LogP contribution in [0.3, 0.4) is 0 Å². The molecule has 6 heteroatoms. The first-order chi connectivity index (χ1) is 7.55. The summed E-state index contributed by atoms with van der Waals surface area (Å²) in [6.45, 7) is 5.55. The molecule has 0 rings (SSSR count). The summed E-state index contributed by atoms with van der Waals surface area (Å²) in [7, 11) is 2.25. The van der Waals surface area contributed by atoms with E-state index in [-0.39, 0.29) is 6.10 Å². The molecule has 0 aliphatic heterocycles. The quantitative estimate of drug-likeness (QED) is 0.294. The lowest BCUT2D eigenvalue weighted by Gasteiger charge is -2.24. The molecule has 0 bridgehead atoms. The smallest absolute Gasteiger partial charge is 0.377 e. The van der Waals surface area contributed by atoms with Gasteiger partial charge in [-0.1, -0.05) is 6.58 Å². The number of rotatable bonds is 9. The average molecular weight is 250 g/mol. The molecule has 0 aliphatic carbocycles. The summed E-state index contributed by atoms with van der Waals surface area (Å²) in [6.07, 6.45) is 1.11. The molecule has 0 spiro atoms. The summed E-state index contributed by atoms with van der Waals surface area (Å²) in [4.78, 5) is 4.32. The summed E-state index contributed by atoms with van der Waals surface area (Å²) in [5, 5.41) is 8.65. The van der Waals surface area contributed by atoms with Crippen molar-refractivity contribution in [2.75, 3.05) is 21.3 Å². The molecule has 0 aromatic heterocycles. The van der Waals surface area contributed by atoms with E-state index in [2.05, 4.69) is 11.5 Å². The van der Waals surface area contributed by atoms with E-state index >= 15 is 0 Å². The van der Waals surface area contributed by atoms with Crippen LogP contribution in [0.4, 0.5) is 0 Å². The topological polar surface area (TPSA) is 57.2 Å². The van der Waals surface area contributed by atoms with Crippen LogP contribution in [0, 0.1) is 0 Å². The molecule has 1 atom stereocenters. The zero-order valence-electron chi connectivity index (χ0n) is 10.5. The third-order valence-corrected chi connectivity index (χ3v) is 5.39. The third kappa shape index (κ3) is 4.73. The Morgan fingerprint density at radius 2 is 1.75 bits per heavy atom. The SMILES string of the molecule is C=C(C)C(CCC[Si](OC)(OC)OC)OO. The normalized spacial score (nSPS) is 13.8. The van der Waals surface area contributed by atoms with Crippen molar-refractivity contribution >= 4 is 8.80 Å². The highest BCUT2D eigenvalue weighted by atomic mass is 28.4. The molecule has 0 aliphatic rings. The first-order valence-corrected chi connectivity index (χ1v) is 7.09. The molecule has 0 saturated heterocycles. The predicted octanol–water partition coefficient (Wildman–Crippen LogP) is 2.08. The van der Waals surface area contributed by atoms with Gasteiger partial charge >= 0.3 is 8.80 Å². The second kappa shape index (κ2) is 7.94. The fourth-order valence-corrected chi connectivity index (χ4v) is 3.20. The van der Waals surface area contributed by atoms with Crippen molar-refractivity contribution in [2.45, 2.75) is 31.9 Å². The Morgan fingerprint density at radius 1 is 1.25 bits per heavy atom. The molecule has 0 amide bonds. The Kier molecular flexibility index (Phi) is 7.82. The van der Waals surface area contributed by atoms with Crippen LogP contribution < -0.4 is 0 Å². The Hall–Kier alpha value is -0.243. The first kappa shape index (κ1) is 15.8. The second-order valence-electron chi connectivity index (χ2n) is 3.63. The zero-order valence-corrected chi connectivity index (χ0v) is 11.5. The Bertz CT molecular complexity index is 197. The van der Waals surface area contributed by atoms with E-state index in [9.17, 15) is 0 Å². The lowest BCUT2D eigenvalue weighted by atomic mass is 10.1. The number of hydrogen-bond donors (Lipinski definition) is 1. The van der Waals surface area contributed by atoms with E-state index in [4.69, 9.17) is 18.5 Å². The molecule has 5 nitrogen and oxygen atoms in total. The van der Waals surface area contributed by atoms with E-state index < -0.39 is 8.80 Å². The molecule has 1 N–H and O–H groups in total. The van der Waals surface area contributed by atoms with E-state index in [1.54, 1.807) is 21.3 Å². The Labute approximate surface area is 98.3 Å². The second-order valence-corrected chi connectivity index (χ2v) is 6.72. The van der Waals surface area contributed by atoms with E-state index in [1.165, 1.54) is 0 Å².